The van der Waals surface area contributed by atoms with Crippen molar-refractivity contribution in [2.75, 3.05) is 26.3 Å². The van der Waals surface area contributed by atoms with Crippen molar-refractivity contribution < 1.29 is 13.2 Å². The summed E-state index contributed by atoms with van der Waals surface area (Å²) < 4.78 is 30.8. The van der Waals surface area contributed by atoms with Crippen LogP contribution in [0.1, 0.15) is 5.56 Å². The Morgan fingerprint density at radius 3 is 2.65 bits per heavy atom. The summed E-state index contributed by atoms with van der Waals surface area (Å²) in [7, 11) is -3.26. The Kier molecular flexibility index (Phi) is 4.04. The maximum atomic E-state index is 12.1. The highest BCUT2D eigenvalue weighted by Gasteiger charge is 2.24. The minimum Gasteiger partial charge on any atom is -0.379 e. The van der Waals surface area contributed by atoms with Crippen molar-refractivity contribution in [2.45, 2.75) is 5.75 Å². The molecule has 2 rings (SSSR count). The molecule has 1 fully saturated rings. The van der Waals surface area contributed by atoms with Gasteiger partial charge >= 0.3 is 0 Å². The van der Waals surface area contributed by atoms with E-state index in [0.717, 1.165) is 0 Å². The molecule has 17 heavy (non-hydrogen) atoms. The number of benzene rings is 1. The van der Waals surface area contributed by atoms with Gasteiger partial charge in [0.1, 0.15) is 0 Å². The van der Waals surface area contributed by atoms with Gasteiger partial charge in [0.25, 0.3) is 0 Å². The van der Waals surface area contributed by atoms with E-state index in [1.54, 1.807) is 24.3 Å². The monoisotopic (exact) mass is 275 g/mol. The summed E-state index contributed by atoms with van der Waals surface area (Å²) in [6, 6.07) is 6.93. The Bertz CT molecular complexity index is 483. The number of hydrogen-bond donors (Lipinski definition) is 0. The van der Waals surface area contributed by atoms with E-state index in [1.807, 2.05) is 0 Å². The molecule has 0 aromatic heterocycles. The first kappa shape index (κ1) is 12.8. The Labute approximate surface area is 106 Å². The molecule has 0 N–H and O–H groups in total. The van der Waals surface area contributed by atoms with Crippen LogP contribution in [0.3, 0.4) is 0 Å². The third-order valence-electron chi connectivity index (χ3n) is 2.60. The van der Waals surface area contributed by atoms with Crippen LogP contribution in [0.4, 0.5) is 0 Å². The summed E-state index contributed by atoms with van der Waals surface area (Å²) in [5.41, 5.74) is 0.712. The molecule has 94 valence electrons. The van der Waals surface area contributed by atoms with E-state index in [-0.39, 0.29) is 5.75 Å². The summed E-state index contributed by atoms with van der Waals surface area (Å²) >= 11 is 5.83. The van der Waals surface area contributed by atoms with E-state index >= 15 is 0 Å². The molecule has 0 bridgehead atoms. The molecule has 1 aromatic carbocycles. The average Bonchev–Trinajstić information content (AvgIpc) is 2.29. The number of nitrogens with zero attached hydrogens (tertiary/aromatic N) is 1. The zero-order valence-corrected chi connectivity index (χ0v) is 10.9. The van der Waals surface area contributed by atoms with Crippen molar-refractivity contribution in [3.05, 3.63) is 34.9 Å². The van der Waals surface area contributed by atoms with Gasteiger partial charge in [-0.25, -0.2) is 8.42 Å². The maximum absolute atomic E-state index is 12.1. The van der Waals surface area contributed by atoms with E-state index in [0.29, 0.717) is 36.9 Å². The van der Waals surface area contributed by atoms with E-state index in [2.05, 4.69) is 0 Å². The number of rotatable bonds is 3. The second-order valence-electron chi connectivity index (χ2n) is 3.90. The molecule has 4 nitrogen and oxygen atoms in total. The van der Waals surface area contributed by atoms with Crippen molar-refractivity contribution in [3.63, 3.8) is 0 Å². The lowest BCUT2D eigenvalue weighted by molar-refractivity contribution is 0.0729. The van der Waals surface area contributed by atoms with Crippen LogP contribution in [0.25, 0.3) is 0 Å². The van der Waals surface area contributed by atoms with Crippen LogP contribution >= 0.6 is 11.6 Å². The third kappa shape index (κ3) is 3.42. The van der Waals surface area contributed by atoms with E-state index in [1.165, 1.54) is 4.31 Å². The summed E-state index contributed by atoms with van der Waals surface area (Å²) in [6.07, 6.45) is 0. The third-order valence-corrected chi connectivity index (χ3v) is 4.69. The largest absolute Gasteiger partial charge is 0.379 e. The smallest absolute Gasteiger partial charge is 0.218 e. The van der Waals surface area contributed by atoms with Gasteiger partial charge in [-0.05, 0) is 17.7 Å². The fourth-order valence-corrected chi connectivity index (χ4v) is 3.46. The molecule has 1 heterocycles. The average molecular weight is 276 g/mol. The van der Waals surface area contributed by atoms with Gasteiger partial charge in [0.2, 0.25) is 10.0 Å². The topological polar surface area (TPSA) is 46.6 Å². The van der Waals surface area contributed by atoms with Crippen LogP contribution in [0.15, 0.2) is 24.3 Å². The van der Waals surface area contributed by atoms with E-state index in [9.17, 15) is 8.42 Å². The molecule has 0 atom stereocenters. The van der Waals surface area contributed by atoms with Crippen molar-refractivity contribution in [1.29, 1.82) is 0 Å². The van der Waals surface area contributed by atoms with Gasteiger partial charge in [-0.15, -0.1) is 0 Å². The lowest BCUT2D eigenvalue weighted by atomic mass is 10.2. The number of sulfonamides is 1. The van der Waals surface area contributed by atoms with Crippen LogP contribution in [0.2, 0.25) is 5.02 Å². The van der Waals surface area contributed by atoms with E-state index in [4.69, 9.17) is 16.3 Å². The fourth-order valence-electron chi connectivity index (χ4n) is 1.75. The van der Waals surface area contributed by atoms with Gasteiger partial charge < -0.3 is 4.74 Å². The standard InChI is InChI=1S/C11H14ClNO3S/c12-11-3-1-2-10(8-11)9-17(14,15)13-4-6-16-7-5-13/h1-3,8H,4-7,9H2. The first-order chi connectivity index (χ1) is 8.08. The molecule has 0 unspecified atom stereocenters. The first-order valence-electron chi connectivity index (χ1n) is 5.38. The molecule has 1 aliphatic rings. The van der Waals surface area contributed by atoms with Crippen molar-refractivity contribution >= 4 is 21.6 Å². The molecule has 0 aliphatic carbocycles. The Hall–Kier alpha value is -0.620. The fraction of sp³-hybridized carbons (Fsp3) is 0.455. The Balaban J connectivity index is 2.11. The van der Waals surface area contributed by atoms with Gasteiger partial charge in [0, 0.05) is 18.1 Å². The molecule has 1 aromatic rings. The minimum absolute atomic E-state index is 0.00639. The van der Waals surface area contributed by atoms with Gasteiger partial charge in [-0.1, -0.05) is 23.7 Å². The molecule has 1 aliphatic heterocycles. The van der Waals surface area contributed by atoms with Crippen molar-refractivity contribution in [2.24, 2.45) is 0 Å². The maximum Gasteiger partial charge on any atom is 0.218 e. The number of morpholine rings is 1. The van der Waals surface area contributed by atoms with Crippen LogP contribution in [0.5, 0.6) is 0 Å². The van der Waals surface area contributed by atoms with Gasteiger partial charge in [-0.2, -0.15) is 4.31 Å². The van der Waals surface area contributed by atoms with Gasteiger partial charge in [0.05, 0.1) is 19.0 Å². The number of halogens is 1. The second kappa shape index (κ2) is 5.35. The highest BCUT2D eigenvalue weighted by molar-refractivity contribution is 7.88. The first-order valence-corrected chi connectivity index (χ1v) is 7.37. The molecule has 0 saturated carbocycles. The molecule has 6 heteroatoms. The Morgan fingerprint density at radius 1 is 1.29 bits per heavy atom. The summed E-state index contributed by atoms with van der Waals surface area (Å²) in [5, 5.41) is 0.555. The predicted molar refractivity (Wildman–Crippen MR) is 66.5 cm³/mol. The van der Waals surface area contributed by atoms with E-state index < -0.39 is 10.0 Å². The highest BCUT2D eigenvalue weighted by Crippen LogP contribution is 2.16. The quantitative estimate of drug-likeness (QED) is 0.840. The zero-order valence-electron chi connectivity index (χ0n) is 9.30. The molecule has 0 spiro atoms. The predicted octanol–water partition coefficient (Wildman–Crippen LogP) is 1.50. The van der Waals surface area contributed by atoms with Crippen LogP contribution in [-0.2, 0) is 20.5 Å². The Morgan fingerprint density at radius 2 is 2.00 bits per heavy atom. The second-order valence-corrected chi connectivity index (χ2v) is 6.30. The normalized spacial score (nSPS) is 18.2. The lowest BCUT2D eigenvalue weighted by Crippen LogP contribution is -2.41. The number of hydrogen-bond acceptors (Lipinski definition) is 3. The minimum atomic E-state index is -3.26. The molecule has 0 radical (unpaired) electrons. The van der Waals surface area contributed by atoms with Crippen LogP contribution in [0, 0.1) is 0 Å². The van der Waals surface area contributed by atoms with Gasteiger partial charge in [-0.3, -0.25) is 0 Å². The van der Waals surface area contributed by atoms with Crippen molar-refractivity contribution in [3.8, 4) is 0 Å². The molecular weight excluding hydrogens is 262 g/mol. The zero-order chi connectivity index (χ0) is 12.3. The summed E-state index contributed by atoms with van der Waals surface area (Å²) in [5.74, 6) is -0.00639. The van der Waals surface area contributed by atoms with Crippen LogP contribution in [-0.4, -0.2) is 39.0 Å². The highest BCUT2D eigenvalue weighted by atomic mass is 35.5. The summed E-state index contributed by atoms with van der Waals surface area (Å²) in [4.78, 5) is 0. The van der Waals surface area contributed by atoms with Gasteiger partial charge in [0.15, 0.2) is 0 Å². The molecule has 1 saturated heterocycles. The van der Waals surface area contributed by atoms with Crippen molar-refractivity contribution in [1.82, 2.24) is 4.31 Å². The molecule has 0 amide bonds. The number of ether oxygens (including phenoxy) is 1. The summed E-state index contributed by atoms with van der Waals surface area (Å²) in [6.45, 7) is 1.80. The van der Waals surface area contributed by atoms with Crippen LogP contribution < -0.4 is 0 Å². The molecular formula is C11H14ClNO3S. The lowest BCUT2D eigenvalue weighted by Gasteiger charge is -2.26. The SMILES string of the molecule is O=S(=O)(Cc1cccc(Cl)c1)N1CCOCC1.